The Morgan fingerprint density at radius 2 is 1.74 bits per heavy atom. The Hall–Kier alpha value is -4.17. The lowest BCUT2D eigenvalue weighted by Crippen LogP contribution is -2.55. The van der Waals surface area contributed by atoms with Crippen LogP contribution in [0.25, 0.3) is 0 Å². The van der Waals surface area contributed by atoms with Crippen LogP contribution in [0, 0.1) is 0 Å². The van der Waals surface area contributed by atoms with Crippen molar-refractivity contribution in [2.45, 2.75) is 116 Å². The molecule has 3 aliphatic rings. The number of anilines is 4. The van der Waals surface area contributed by atoms with Crippen molar-refractivity contribution in [3.8, 4) is 5.75 Å². The van der Waals surface area contributed by atoms with Gasteiger partial charge in [0.2, 0.25) is 11.9 Å². The number of piperidine rings is 1. The first-order valence-corrected chi connectivity index (χ1v) is 19.3. The minimum absolute atomic E-state index is 0.0736. The van der Waals surface area contributed by atoms with E-state index in [4.69, 9.17) is 23.9 Å². The largest absolute Gasteiger partial charge is 0.495 e. The zero-order valence-corrected chi connectivity index (χ0v) is 32.4. The predicted molar refractivity (Wildman–Crippen MR) is 204 cm³/mol. The van der Waals surface area contributed by atoms with Crippen LogP contribution in [0.2, 0.25) is 0 Å². The number of nitrogens with zero attached hydrogens (tertiary/aromatic N) is 5. The smallest absolute Gasteiger partial charge is 0.410 e. The standard InChI is InChI=1S/C39H59N7O7/c1-7-31-36(48)44(5)32-26-41-37(43-34(32)46(31)28-13-8-9-14-28)42-30-16-15-27(25-33(30)50-6)35(47)40-19-10-11-22-51-23-12-24-52-29-17-20-45(21-18-29)38(49)53-39(2,3)4/h15-16,25-26,28-29,31H,7-14,17-24H2,1-6H3,(H,40,47)(H,41,42,43)/t31-/m1/s1. The van der Waals surface area contributed by atoms with Crippen molar-refractivity contribution in [3.05, 3.63) is 30.0 Å². The number of carbonyl (C=O) groups is 3. The molecule has 2 N–H and O–H groups in total. The second kappa shape index (κ2) is 18.7. The Morgan fingerprint density at radius 1 is 1.00 bits per heavy atom. The first-order valence-electron chi connectivity index (χ1n) is 19.3. The number of benzene rings is 1. The second-order valence-electron chi connectivity index (χ2n) is 15.1. The van der Waals surface area contributed by atoms with Crippen LogP contribution in [0.1, 0.15) is 102 Å². The van der Waals surface area contributed by atoms with Crippen molar-refractivity contribution < 1.29 is 33.3 Å². The average Bonchev–Trinajstić information content (AvgIpc) is 3.68. The molecule has 1 aromatic carbocycles. The summed E-state index contributed by atoms with van der Waals surface area (Å²) in [6, 6.07) is 5.27. The first kappa shape index (κ1) is 40.0. The van der Waals surface area contributed by atoms with Gasteiger partial charge in [-0.25, -0.2) is 9.78 Å². The fourth-order valence-electron chi connectivity index (χ4n) is 7.18. The Morgan fingerprint density at radius 3 is 2.43 bits per heavy atom. The van der Waals surface area contributed by atoms with Crippen LogP contribution in [-0.4, -0.2) is 110 Å². The molecule has 0 bridgehead atoms. The molecule has 1 aliphatic carbocycles. The van der Waals surface area contributed by atoms with Gasteiger partial charge in [-0.05, 0) is 90.3 Å². The molecule has 1 aromatic heterocycles. The summed E-state index contributed by atoms with van der Waals surface area (Å²) in [6.45, 7) is 11.4. The molecule has 14 nitrogen and oxygen atoms in total. The van der Waals surface area contributed by atoms with Gasteiger partial charge in [-0.2, -0.15) is 4.98 Å². The highest BCUT2D eigenvalue weighted by Crippen LogP contribution is 2.40. The summed E-state index contributed by atoms with van der Waals surface area (Å²) in [5.41, 5.74) is 1.35. The maximum atomic E-state index is 13.2. The molecule has 0 unspecified atom stereocenters. The Labute approximate surface area is 314 Å². The summed E-state index contributed by atoms with van der Waals surface area (Å²) in [4.78, 5) is 53.5. The minimum Gasteiger partial charge on any atom is -0.495 e. The highest BCUT2D eigenvalue weighted by atomic mass is 16.6. The summed E-state index contributed by atoms with van der Waals surface area (Å²) >= 11 is 0. The fraction of sp³-hybridized carbons (Fsp3) is 0.667. The molecule has 3 heterocycles. The van der Waals surface area contributed by atoms with Gasteiger partial charge in [-0.3, -0.25) is 9.59 Å². The van der Waals surface area contributed by atoms with E-state index >= 15 is 0 Å². The van der Waals surface area contributed by atoms with Gasteiger partial charge in [0.25, 0.3) is 5.91 Å². The number of aromatic nitrogens is 2. The number of hydrogen-bond donors (Lipinski definition) is 2. The quantitative estimate of drug-likeness (QED) is 0.194. The van der Waals surface area contributed by atoms with Crippen LogP contribution >= 0.6 is 0 Å². The molecule has 3 amide bonds. The number of hydrogen-bond acceptors (Lipinski definition) is 11. The van der Waals surface area contributed by atoms with E-state index in [9.17, 15) is 14.4 Å². The Balaban J connectivity index is 1.00. The lowest BCUT2D eigenvalue weighted by molar-refractivity contribution is -0.120. The summed E-state index contributed by atoms with van der Waals surface area (Å²) in [5, 5.41) is 6.26. The number of methoxy groups -OCH3 is 1. The van der Waals surface area contributed by atoms with Crippen molar-refractivity contribution in [1.29, 1.82) is 0 Å². The van der Waals surface area contributed by atoms with E-state index in [-0.39, 0.29) is 36.1 Å². The lowest BCUT2D eigenvalue weighted by Gasteiger charge is -2.43. The van der Waals surface area contributed by atoms with Gasteiger partial charge in [-0.15, -0.1) is 0 Å². The van der Waals surface area contributed by atoms with E-state index in [2.05, 4.69) is 20.5 Å². The molecule has 0 radical (unpaired) electrons. The van der Waals surface area contributed by atoms with Crippen LogP contribution < -0.4 is 25.2 Å². The monoisotopic (exact) mass is 737 g/mol. The van der Waals surface area contributed by atoms with Gasteiger partial charge < -0.3 is 44.3 Å². The van der Waals surface area contributed by atoms with Crippen LogP contribution in [0.4, 0.5) is 27.9 Å². The van der Waals surface area contributed by atoms with Gasteiger partial charge in [0.15, 0.2) is 5.82 Å². The van der Waals surface area contributed by atoms with Gasteiger partial charge in [0, 0.05) is 58.1 Å². The van der Waals surface area contributed by atoms with Gasteiger partial charge in [0.1, 0.15) is 23.1 Å². The van der Waals surface area contributed by atoms with Crippen molar-refractivity contribution in [2.24, 2.45) is 0 Å². The summed E-state index contributed by atoms with van der Waals surface area (Å²) in [5.74, 6) is 1.55. The zero-order chi connectivity index (χ0) is 38.0. The maximum Gasteiger partial charge on any atom is 0.410 e. The normalized spacial score (nSPS) is 18.3. The molecule has 2 aromatic rings. The number of amides is 3. The maximum absolute atomic E-state index is 13.2. The number of carbonyl (C=O) groups excluding carboxylic acids is 3. The molecule has 53 heavy (non-hydrogen) atoms. The third-order valence-electron chi connectivity index (χ3n) is 10.0. The molecular weight excluding hydrogens is 678 g/mol. The molecule has 0 spiro atoms. The lowest BCUT2D eigenvalue weighted by atomic mass is 10.0. The minimum atomic E-state index is -0.486. The number of ether oxygens (including phenoxy) is 4. The molecule has 5 rings (SSSR count). The SMILES string of the molecule is CC[C@@H]1C(=O)N(C)c2cnc(Nc3ccc(C(=O)NCCCCOCCCOC4CCN(C(=O)OC(C)(C)C)CC4)cc3OC)nc2N1C1CCCC1. The van der Waals surface area contributed by atoms with Crippen LogP contribution in [0.5, 0.6) is 5.75 Å². The number of fused-ring (bicyclic) bond motifs is 1. The number of likely N-dealkylation sites (tertiary alicyclic amines) is 1. The molecule has 14 heteroatoms. The number of likely N-dealkylation sites (N-methyl/N-ethyl adjacent to an activating group) is 1. The number of nitrogens with one attached hydrogen (secondary N) is 2. The molecule has 1 saturated carbocycles. The van der Waals surface area contributed by atoms with E-state index in [1.165, 1.54) is 0 Å². The Kier molecular flexibility index (Phi) is 14.1. The summed E-state index contributed by atoms with van der Waals surface area (Å²) in [7, 11) is 3.35. The third-order valence-corrected chi connectivity index (χ3v) is 10.0. The van der Waals surface area contributed by atoms with Crippen LogP contribution in [0.15, 0.2) is 24.4 Å². The van der Waals surface area contributed by atoms with E-state index < -0.39 is 5.60 Å². The Bertz CT molecular complexity index is 1540. The average molecular weight is 738 g/mol. The molecule has 1 atom stereocenters. The molecular formula is C39H59N7O7. The van der Waals surface area contributed by atoms with Crippen LogP contribution in [0.3, 0.4) is 0 Å². The number of unbranched alkanes of at least 4 members (excludes halogenated alkanes) is 1. The molecule has 292 valence electrons. The van der Waals surface area contributed by atoms with Crippen molar-refractivity contribution in [2.75, 3.05) is 68.7 Å². The second-order valence-corrected chi connectivity index (χ2v) is 15.1. The zero-order valence-electron chi connectivity index (χ0n) is 32.4. The molecule has 1 saturated heterocycles. The fourth-order valence-corrected chi connectivity index (χ4v) is 7.18. The summed E-state index contributed by atoms with van der Waals surface area (Å²) in [6.07, 6.45) is 10.8. The van der Waals surface area contributed by atoms with Crippen molar-refractivity contribution >= 4 is 41.0 Å². The topological polar surface area (TPSA) is 148 Å². The van der Waals surface area contributed by atoms with Gasteiger partial charge in [0.05, 0.1) is 25.1 Å². The number of rotatable bonds is 16. The third kappa shape index (κ3) is 10.7. The van der Waals surface area contributed by atoms with Gasteiger partial charge in [-0.1, -0.05) is 19.8 Å². The van der Waals surface area contributed by atoms with Gasteiger partial charge >= 0.3 is 6.09 Å². The van der Waals surface area contributed by atoms with E-state index in [1.807, 2.05) is 27.7 Å². The predicted octanol–water partition coefficient (Wildman–Crippen LogP) is 6.07. The van der Waals surface area contributed by atoms with Crippen molar-refractivity contribution in [3.63, 3.8) is 0 Å². The highest BCUT2D eigenvalue weighted by molar-refractivity contribution is 6.04. The van der Waals surface area contributed by atoms with E-state index in [0.29, 0.717) is 74.5 Å². The van der Waals surface area contributed by atoms with E-state index in [0.717, 1.165) is 63.6 Å². The van der Waals surface area contributed by atoms with Crippen molar-refractivity contribution in [1.82, 2.24) is 20.2 Å². The molecule has 2 aliphatic heterocycles. The summed E-state index contributed by atoms with van der Waals surface area (Å²) < 4.78 is 22.9. The van der Waals surface area contributed by atoms with E-state index in [1.54, 1.807) is 48.4 Å². The first-order chi connectivity index (χ1) is 25.5. The highest BCUT2D eigenvalue weighted by Gasteiger charge is 2.41. The molecule has 2 fully saturated rings. The van der Waals surface area contributed by atoms with Crippen LogP contribution in [-0.2, 0) is 19.0 Å².